The standard InChI is InChI=1S/C12H16ClNOS/c1-9-6-12(7-15,8-16-9)14-11-4-2-3-10(13)5-11/h2-5,9,14-15H,6-8H2,1H3. The third-order valence-corrected chi connectivity index (χ3v) is 4.55. The second-order valence-electron chi connectivity index (χ2n) is 4.40. The lowest BCUT2D eigenvalue weighted by Crippen LogP contribution is -2.42. The van der Waals surface area contributed by atoms with E-state index in [0.717, 1.165) is 22.9 Å². The van der Waals surface area contributed by atoms with E-state index >= 15 is 0 Å². The minimum atomic E-state index is -0.186. The molecule has 1 aromatic rings. The van der Waals surface area contributed by atoms with Crippen molar-refractivity contribution in [3.05, 3.63) is 29.3 Å². The van der Waals surface area contributed by atoms with Crippen molar-refractivity contribution in [2.75, 3.05) is 17.7 Å². The van der Waals surface area contributed by atoms with Crippen LogP contribution in [0.3, 0.4) is 0 Å². The Bertz CT molecular complexity index is 374. The number of thioether (sulfide) groups is 1. The van der Waals surface area contributed by atoms with Crippen LogP contribution in [0.2, 0.25) is 5.02 Å². The lowest BCUT2D eigenvalue weighted by atomic mass is 9.97. The van der Waals surface area contributed by atoms with Gasteiger partial charge in [-0.25, -0.2) is 0 Å². The molecule has 1 fully saturated rings. The van der Waals surface area contributed by atoms with Gasteiger partial charge in [-0.2, -0.15) is 11.8 Å². The smallest absolute Gasteiger partial charge is 0.0704 e. The van der Waals surface area contributed by atoms with Gasteiger partial charge in [0, 0.05) is 21.7 Å². The van der Waals surface area contributed by atoms with Crippen LogP contribution < -0.4 is 5.32 Å². The molecule has 1 aliphatic rings. The SMILES string of the molecule is CC1CC(CO)(Nc2cccc(Cl)c2)CS1. The molecule has 2 nitrogen and oxygen atoms in total. The Morgan fingerprint density at radius 2 is 2.44 bits per heavy atom. The van der Waals surface area contributed by atoms with Gasteiger partial charge in [0.25, 0.3) is 0 Å². The van der Waals surface area contributed by atoms with Gasteiger partial charge in [-0.3, -0.25) is 0 Å². The third kappa shape index (κ3) is 2.65. The van der Waals surface area contributed by atoms with Gasteiger partial charge in [0.2, 0.25) is 0 Å². The van der Waals surface area contributed by atoms with Gasteiger partial charge >= 0.3 is 0 Å². The summed E-state index contributed by atoms with van der Waals surface area (Å²) in [5.41, 5.74) is 0.797. The molecule has 0 bridgehead atoms. The Hall–Kier alpha value is -0.380. The normalized spacial score (nSPS) is 29.3. The lowest BCUT2D eigenvalue weighted by Gasteiger charge is -2.29. The number of benzene rings is 1. The molecule has 1 aromatic carbocycles. The monoisotopic (exact) mass is 257 g/mol. The quantitative estimate of drug-likeness (QED) is 0.873. The summed E-state index contributed by atoms with van der Waals surface area (Å²) in [7, 11) is 0. The zero-order valence-corrected chi connectivity index (χ0v) is 10.8. The van der Waals surface area contributed by atoms with Gasteiger partial charge in [-0.1, -0.05) is 24.6 Å². The average Bonchev–Trinajstić information content (AvgIpc) is 2.61. The second kappa shape index (κ2) is 4.86. The first-order chi connectivity index (χ1) is 7.63. The van der Waals surface area contributed by atoms with E-state index in [1.165, 1.54) is 0 Å². The van der Waals surface area contributed by atoms with Crippen molar-refractivity contribution in [2.45, 2.75) is 24.1 Å². The molecule has 1 saturated heterocycles. The van der Waals surface area contributed by atoms with E-state index < -0.39 is 0 Å². The summed E-state index contributed by atoms with van der Waals surface area (Å²) < 4.78 is 0. The maximum atomic E-state index is 9.56. The van der Waals surface area contributed by atoms with Crippen molar-refractivity contribution >= 4 is 29.1 Å². The molecule has 0 spiro atoms. The predicted molar refractivity (Wildman–Crippen MR) is 71.4 cm³/mol. The van der Waals surface area contributed by atoms with Crippen LogP contribution in [0, 0.1) is 0 Å². The highest BCUT2D eigenvalue weighted by atomic mass is 35.5. The fourth-order valence-corrected chi connectivity index (χ4v) is 3.59. The van der Waals surface area contributed by atoms with Gasteiger partial charge in [0.05, 0.1) is 12.1 Å². The molecule has 0 aliphatic carbocycles. The molecule has 88 valence electrons. The molecule has 1 aliphatic heterocycles. The summed E-state index contributed by atoms with van der Waals surface area (Å²) in [4.78, 5) is 0. The molecule has 0 amide bonds. The molecule has 0 aromatic heterocycles. The molecule has 1 heterocycles. The van der Waals surface area contributed by atoms with Crippen molar-refractivity contribution in [1.82, 2.24) is 0 Å². The minimum Gasteiger partial charge on any atom is -0.394 e. The first-order valence-electron chi connectivity index (χ1n) is 5.40. The van der Waals surface area contributed by atoms with Crippen LogP contribution in [0.25, 0.3) is 0 Å². The number of aliphatic hydroxyl groups excluding tert-OH is 1. The van der Waals surface area contributed by atoms with E-state index in [1.807, 2.05) is 36.0 Å². The molecule has 2 atom stereocenters. The molecular weight excluding hydrogens is 242 g/mol. The maximum Gasteiger partial charge on any atom is 0.0704 e. The van der Waals surface area contributed by atoms with Gasteiger partial charge in [0.15, 0.2) is 0 Å². The largest absolute Gasteiger partial charge is 0.394 e. The number of nitrogens with one attached hydrogen (secondary N) is 1. The van der Waals surface area contributed by atoms with E-state index in [4.69, 9.17) is 11.6 Å². The first-order valence-corrected chi connectivity index (χ1v) is 6.82. The zero-order chi connectivity index (χ0) is 11.6. The van der Waals surface area contributed by atoms with E-state index in [-0.39, 0.29) is 12.1 Å². The lowest BCUT2D eigenvalue weighted by molar-refractivity contribution is 0.223. The fraction of sp³-hybridized carbons (Fsp3) is 0.500. The van der Waals surface area contributed by atoms with E-state index in [0.29, 0.717) is 5.25 Å². The summed E-state index contributed by atoms with van der Waals surface area (Å²) in [6.45, 7) is 2.36. The van der Waals surface area contributed by atoms with Crippen LogP contribution in [0.4, 0.5) is 5.69 Å². The second-order valence-corrected chi connectivity index (χ2v) is 6.26. The van der Waals surface area contributed by atoms with Gasteiger partial charge < -0.3 is 10.4 Å². The van der Waals surface area contributed by atoms with Gasteiger partial charge in [0.1, 0.15) is 0 Å². The predicted octanol–water partition coefficient (Wildman–Crippen LogP) is 3.01. The van der Waals surface area contributed by atoms with Crippen molar-refractivity contribution < 1.29 is 5.11 Å². The van der Waals surface area contributed by atoms with Crippen LogP contribution in [0.5, 0.6) is 0 Å². The fourth-order valence-electron chi connectivity index (χ4n) is 2.08. The van der Waals surface area contributed by atoms with Crippen LogP contribution in [0.1, 0.15) is 13.3 Å². The Morgan fingerprint density at radius 1 is 1.62 bits per heavy atom. The number of aliphatic hydroxyl groups is 1. The number of hydrogen-bond donors (Lipinski definition) is 2. The first kappa shape index (κ1) is 12.1. The van der Waals surface area contributed by atoms with Crippen LogP contribution >= 0.6 is 23.4 Å². The Morgan fingerprint density at radius 3 is 3.00 bits per heavy atom. The zero-order valence-electron chi connectivity index (χ0n) is 9.24. The van der Waals surface area contributed by atoms with Gasteiger partial charge in [-0.05, 0) is 24.6 Å². The molecule has 4 heteroatoms. The van der Waals surface area contributed by atoms with Crippen LogP contribution in [0.15, 0.2) is 24.3 Å². The molecule has 2 rings (SSSR count). The Balaban J connectivity index is 2.13. The van der Waals surface area contributed by atoms with E-state index in [1.54, 1.807) is 0 Å². The highest BCUT2D eigenvalue weighted by Gasteiger charge is 2.37. The highest BCUT2D eigenvalue weighted by molar-refractivity contribution is 8.00. The molecule has 0 saturated carbocycles. The van der Waals surface area contributed by atoms with Crippen molar-refractivity contribution in [1.29, 1.82) is 0 Å². The summed E-state index contributed by atoms with van der Waals surface area (Å²) in [6.07, 6.45) is 0.987. The van der Waals surface area contributed by atoms with Gasteiger partial charge in [-0.15, -0.1) is 0 Å². The average molecular weight is 258 g/mol. The highest BCUT2D eigenvalue weighted by Crippen LogP contribution is 2.36. The van der Waals surface area contributed by atoms with Crippen LogP contribution in [-0.4, -0.2) is 28.3 Å². The maximum absolute atomic E-state index is 9.56. The molecule has 2 unspecified atom stereocenters. The Labute approximate surface area is 105 Å². The number of anilines is 1. The summed E-state index contributed by atoms with van der Waals surface area (Å²) in [6, 6.07) is 7.65. The number of halogens is 1. The summed E-state index contributed by atoms with van der Waals surface area (Å²) >= 11 is 7.84. The topological polar surface area (TPSA) is 32.3 Å². The van der Waals surface area contributed by atoms with E-state index in [9.17, 15) is 5.11 Å². The third-order valence-electron chi connectivity index (χ3n) is 2.86. The molecule has 2 N–H and O–H groups in total. The number of hydrogen-bond acceptors (Lipinski definition) is 3. The van der Waals surface area contributed by atoms with Crippen molar-refractivity contribution in [3.8, 4) is 0 Å². The molecule has 0 radical (unpaired) electrons. The van der Waals surface area contributed by atoms with Crippen molar-refractivity contribution in [3.63, 3.8) is 0 Å². The number of rotatable bonds is 3. The van der Waals surface area contributed by atoms with Crippen molar-refractivity contribution in [2.24, 2.45) is 0 Å². The van der Waals surface area contributed by atoms with E-state index in [2.05, 4.69) is 12.2 Å². The molecule has 16 heavy (non-hydrogen) atoms. The summed E-state index contributed by atoms with van der Waals surface area (Å²) in [5, 5.41) is 14.3. The summed E-state index contributed by atoms with van der Waals surface area (Å²) in [5.74, 6) is 0.942. The molecular formula is C12H16ClNOS. The van der Waals surface area contributed by atoms with Crippen LogP contribution in [-0.2, 0) is 0 Å². The minimum absolute atomic E-state index is 0.164. The Kier molecular flexibility index (Phi) is 3.67.